The van der Waals surface area contributed by atoms with E-state index in [1.165, 1.54) is 24.3 Å². The van der Waals surface area contributed by atoms with Gasteiger partial charge in [-0.3, -0.25) is 9.59 Å². The number of carbonyl (C=O) groups is 2. The van der Waals surface area contributed by atoms with Crippen molar-refractivity contribution in [2.24, 2.45) is 5.92 Å². The van der Waals surface area contributed by atoms with Gasteiger partial charge in [-0.15, -0.1) is 11.8 Å². The lowest BCUT2D eigenvalue weighted by atomic mass is 9.96. The molecule has 1 saturated heterocycles. The van der Waals surface area contributed by atoms with E-state index < -0.39 is 0 Å². The molecule has 0 bridgehead atoms. The number of nitrogens with zero attached hydrogens (tertiary/aromatic N) is 1. The lowest BCUT2D eigenvalue weighted by Crippen LogP contribution is -2.43. The second-order valence-electron chi connectivity index (χ2n) is 6.29. The molecule has 0 aromatic heterocycles. The average Bonchev–Trinajstić information content (AvgIpc) is 2.68. The molecule has 1 heterocycles. The summed E-state index contributed by atoms with van der Waals surface area (Å²) in [7, 11) is 0. The van der Waals surface area contributed by atoms with Crippen LogP contribution in [0.25, 0.3) is 0 Å². The molecule has 1 aliphatic rings. The monoisotopic (exact) mass is 372 g/mol. The summed E-state index contributed by atoms with van der Waals surface area (Å²) in [5.74, 6) is -0.844. The number of hydrogen-bond acceptors (Lipinski definition) is 3. The highest BCUT2D eigenvalue weighted by Gasteiger charge is 2.29. The number of nitrogens with one attached hydrogen (secondary N) is 1. The van der Waals surface area contributed by atoms with E-state index in [9.17, 15) is 14.0 Å². The van der Waals surface area contributed by atoms with Gasteiger partial charge in [0.2, 0.25) is 5.91 Å². The van der Waals surface area contributed by atoms with Gasteiger partial charge in [0.15, 0.2) is 0 Å². The Balaban J connectivity index is 1.66. The molecule has 26 heavy (non-hydrogen) atoms. The number of thioether (sulfide) groups is 1. The molecule has 1 atom stereocenters. The van der Waals surface area contributed by atoms with Crippen LogP contribution in [-0.4, -0.2) is 36.1 Å². The molecule has 136 valence electrons. The van der Waals surface area contributed by atoms with Crippen molar-refractivity contribution in [3.8, 4) is 0 Å². The van der Waals surface area contributed by atoms with Crippen LogP contribution < -0.4 is 5.32 Å². The van der Waals surface area contributed by atoms with Crippen LogP contribution in [0.5, 0.6) is 0 Å². The predicted octanol–water partition coefficient (Wildman–Crippen LogP) is 4.04. The first-order valence-corrected chi connectivity index (χ1v) is 9.79. The van der Waals surface area contributed by atoms with Crippen LogP contribution in [0.15, 0.2) is 53.4 Å². The van der Waals surface area contributed by atoms with Crippen molar-refractivity contribution in [2.75, 3.05) is 24.7 Å². The number of benzene rings is 2. The van der Waals surface area contributed by atoms with E-state index in [0.717, 1.165) is 23.4 Å². The Morgan fingerprint density at radius 2 is 1.88 bits per heavy atom. The van der Waals surface area contributed by atoms with E-state index in [1.54, 1.807) is 16.7 Å². The van der Waals surface area contributed by atoms with Gasteiger partial charge in [-0.2, -0.15) is 0 Å². The minimum Gasteiger partial charge on any atom is -0.338 e. The summed E-state index contributed by atoms with van der Waals surface area (Å²) in [6, 6.07) is 13.2. The van der Waals surface area contributed by atoms with Crippen molar-refractivity contribution in [2.45, 2.75) is 17.7 Å². The molecule has 0 aliphatic carbocycles. The topological polar surface area (TPSA) is 49.4 Å². The maximum absolute atomic E-state index is 13.0. The first-order valence-electron chi connectivity index (χ1n) is 8.57. The molecule has 2 aromatic carbocycles. The first kappa shape index (κ1) is 18.5. The van der Waals surface area contributed by atoms with Gasteiger partial charge in [-0.1, -0.05) is 12.1 Å². The number of carbonyl (C=O) groups excluding carboxylic acids is 2. The SMILES string of the molecule is CSc1ccccc1NC(=O)C1CCCN(C(=O)c2ccc(F)cc2)C1. The number of likely N-dealkylation sites (tertiary alicyclic amines) is 1. The van der Waals surface area contributed by atoms with Crippen LogP contribution in [0.3, 0.4) is 0 Å². The molecule has 2 aromatic rings. The summed E-state index contributed by atoms with van der Waals surface area (Å²) < 4.78 is 13.0. The number of amides is 2. The maximum Gasteiger partial charge on any atom is 0.253 e. The van der Waals surface area contributed by atoms with Gasteiger partial charge < -0.3 is 10.2 Å². The second-order valence-corrected chi connectivity index (χ2v) is 7.13. The van der Waals surface area contributed by atoms with E-state index >= 15 is 0 Å². The quantitative estimate of drug-likeness (QED) is 0.824. The maximum atomic E-state index is 13.0. The minimum absolute atomic E-state index is 0.0666. The van der Waals surface area contributed by atoms with E-state index in [4.69, 9.17) is 0 Å². The normalized spacial score (nSPS) is 17.0. The smallest absolute Gasteiger partial charge is 0.253 e. The Labute approximate surface area is 156 Å². The number of para-hydroxylation sites is 1. The first-order chi connectivity index (χ1) is 12.6. The zero-order valence-corrected chi connectivity index (χ0v) is 15.4. The Kier molecular flexibility index (Phi) is 5.93. The van der Waals surface area contributed by atoms with Gasteiger partial charge in [0.25, 0.3) is 5.91 Å². The molecule has 1 aliphatic heterocycles. The molecule has 0 radical (unpaired) electrons. The molecule has 6 heteroatoms. The number of anilines is 1. The van der Waals surface area contributed by atoms with Crippen LogP contribution in [-0.2, 0) is 4.79 Å². The Hall–Kier alpha value is -2.34. The Bertz CT molecular complexity index is 795. The fourth-order valence-corrected chi connectivity index (χ4v) is 3.69. The molecule has 0 saturated carbocycles. The highest BCUT2D eigenvalue weighted by molar-refractivity contribution is 7.98. The summed E-state index contributed by atoms with van der Waals surface area (Å²) in [6.45, 7) is 0.991. The Morgan fingerprint density at radius 1 is 1.15 bits per heavy atom. The van der Waals surface area contributed by atoms with Gasteiger partial charge in [-0.25, -0.2) is 4.39 Å². The van der Waals surface area contributed by atoms with Crippen LogP contribution in [0.2, 0.25) is 0 Å². The lowest BCUT2D eigenvalue weighted by molar-refractivity contribution is -0.121. The number of halogens is 1. The number of rotatable bonds is 4. The molecule has 1 fully saturated rings. The third-order valence-electron chi connectivity index (χ3n) is 4.54. The van der Waals surface area contributed by atoms with Crippen molar-refractivity contribution >= 4 is 29.3 Å². The van der Waals surface area contributed by atoms with E-state index in [2.05, 4.69) is 5.32 Å². The third-order valence-corrected chi connectivity index (χ3v) is 5.33. The summed E-state index contributed by atoms with van der Waals surface area (Å²) in [6.07, 6.45) is 3.49. The second kappa shape index (κ2) is 8.36. The summed E-state index contributed by atoms with van der Waals surface area (Å²) >= 11 is 1.58. The van der Waals surface area contributed by atoms with Crippen molar-refractivity contribution < 1.29 is 14.0 Å². The summed E-state index contributed by atoms with van der Waals surface area (Å²) in [5.41, 5.74) is 1.24. The van der Waals surface area contributed by atoms with Crippen molar-refractivity contribution in [1.29, 1.82) is 0 Å². The lowest BCUT2D eigenvalue weighted by Gasteiger charge is -2.32. The highest BCUT2D eigenvalue weighted by atomic mass is 32.2. The largest absolute Gasteiger partial charge is 0.338 e. The Morgan fingerprint density at radius 3 is 2.62 bits per heavy atom. The van der Waals surface area contributed by atoms with Gasteiger partial charge in [0.1, 0.15) is 5.82 Å². The van der Waals surface area contributed by atoms with Crippen LogP contribution >= 0.6 is 11.8 Å². The number of hydrogen-bond donors (Lipinski definition) is 1. The van der Waals surface area contributed by atoms with E-state index in [1.807, 2.05) is 30.5 Å². The molecular weight excluding hydrogens is 351 g/mol. The van der Waals surface area contributed by atoms with Crippen LogP contribution in [0.4, 0.5) is 10.1 Å². The average molecular weight is 372 g/mol. The molecule has 3 rings (SSSR count). The van der Waals surface area contributed by atoms with Gasteiger partial charge in [0, 0.05) is 23.5 Å². The van der Waals surface area contributed by atoms with E-state index in [0.29, 0.717) is 18.7 Å². The van der Waals surface area contributed by atoms with Crippen molar-refractivity contribution in [3.63, 3.8) is 0 Å². The van der Waals surface area contributed by atoms with E-state index in [-0.39, 0.29) is 23.5 Å². The van der Waals surface area contributed by atoms with Crippen molar-refractivity contribution in [1.82, 2.24) is 4.90 Å². The van der Waals surface area contributed by atoms with Gasteiger partial charge >= 0.3 is 0 Å². The minimum atomic E-state index is -0.370. The number of piperidine rings is 1. The fraction of sp³-hybridized carbons (Fsp3) is 0.300. The molecule has 1 unspecified atom stereocenters. The highest BCUT2D eigenvalue weighted by Crippen LogP contribution is 2.26. The van der Waals surface area contributed by atoms with Crippen LogP contribution in [0.1, 0.15) is 23.2 Å². The molecule has 2 amide bonds. The van der Waals surface area contributed by atoms with Gasteiger partial charge in [-0.05, 0) is 55.5 Å². The molecule has 4 nitrogen and oxygen atoms in total. The zero-order valence-electron chi connectivity index (χ0n) is 14.6. The molecular formula is C20H21FN2O2S. The predicted molar refractivity (Wildman–Crippen MR) is 102 cm³/mol. The zero-order chi connectivity index (χ0) is 18.5. The summed E-state index contributed by atoms with van der Waals surface area (Å²) in [4.78, 5) is 28.0. The standard InChI is InChI=1S/C20H21FN2O2S/c1-26-18-7-3-2-6-17(18)22-19(24)15-5-4-12-23(13-15)20(25)14-8-10-16(21)11-9-14/h2-3,6-11,15H,4-5,12-13H2,1H3,(H,22,24). The fourth-order valence-electron chi connectivity index (χ4n) is 3.13. The summed E-state index contributed by atoms with van der Waals surface area (Å²) in [5, 5.41) is 2.99. The molecule has 1 N–H and O–H groups in total. The van der Waals surface area contributed by atoms with Crippen molar-refractivity contribution in [3.05, 3.63) is 59.9 Å². The van der Waals surface area contributed by atoms with Gasteiger partial charge in [0.05, 0.1) is 11.6 Å². The molecule has 0 spiro atoms. The van der Waals surface area contributed by atoms with Crippen LogP contribution in [0, 0.1) is 11.7 Å². The third kappa shape index (κ3) is 4.25.